The fourth-order valence-electron chi connectivity index (χ4n) is 4.13. The van der Waals surface area contributed by atoms with Gasteiger partial charge < -0.3 is 9.53 Å². The first-order valence-corrected chi connectivity index (χ1v) is 11.2. The fraction of sp³-hybridized carbons (Fsp3) is 0.480. The lowest BCUT2D eigenvalue weighted by atomic mass is 10.1. The Morgan fingerprint density at radius 2 is 1.43 bits per heavy atom. The Bertz CT molecular complexity index is 862. The van der Waals surface area contributed by atoms with Crippen molar-refractivity contribution >= 4 is 12.0 Å². The fourth-order valence-corrected chi connectivity index (χ4v) is 4.13. The van der Waals surface area contributed by atoms with Gasteiger partial charge in [0, 0.05) is 18.6 Å². The van der Waals surface area contributed by atoms with Gasteiger partial charge in [0.2, 0.25) is 0 Å². The molecule has 0 bridgehead atoms. The zero-order valence-electron chi connectivity index (χ0n) is 17.6. The van der Waals surface area contributed by atoms with E-state index in [2.05, 4.69) is 12.1 Å². The Morgan fingerprint density at radius 1 is 0.833 bits per heavy atom. The van der Waals surface area contributed by atoms with Gasteiger partial charge >= 0.3 is 0 Å². The van der Waals surface area contributed by atoms with Crippen LogP contribution in [-0.4, -0.2) is 17.8 Å². The van der Waals surface area contributed by atoms with Crippen LogP contribution in [0.25, 0.3) is 11.1 Å². The van der Waals surface area contributed by atoms with E-state index in [1.807, 2.05) is 12.1 Å². The number of carbonyl (C=O) groups excluding carboxylic acids is 1. The maximum Gasteiger partial charge on any atom is 0.269 e. The maximum atomic E-state index is 11.0. The largest absolute Gasteiger partial charge is 0.494 e. The number of unbranched alkanes of at least 4 members (excludes halogenated alkanes) is 9. The van der Waals surface area contributed by atoms with Crippen LogP contribution in [0.1, 0.15) is 75.3 Å². The molecule has 0 radical (unpaired) electrons. The lowest BCUT2D eigenvalue weighted by Crippen LogP contribution is -1.98. The van der Waals surface area contributed by atoms with E-state index in [0.29, 0.717) is 6.42 Å². The summed E-state index contributed by atoms with van der Waals surface area (Å²) in [6.07, 6.45) is 13.2. The number of fused-ring (bicyclic) bond motifs is 3. The van der Waals surface area contributed by atoms with Gasteiger partial charge in [-0.3, -0.25) is 10.1 Å². The van der Waals surface area contributed by atoms with Crippen molar-refractivity contribution < 1.29 is 14.5 Å². The second-order valence-corrected chi connectivity index (χ2v) is 8.08. The SMILES string of the molecule is O=CCCCCCCCCCCCOc1ccc2c(c1)Cc1cc([N+](=O)[O-])ccc1-2. The molecule has 0 aromatic heterocycles. The van der Waals surface area contributed by atoms with Gasteiger partial charge in [-0.25, -0.2) is 0 Å². The monoisotopic (exact) mass is 409 g/mol. The molecule has 0 amide bonds. The Hall–Kier alpha value is -2.69. The Morgan fingerprint density at radius 3 is 2.10 bits per heavy atom. The van der Waals surface area contributed by atoms with Gasteiger partial charge in [0.25, 0.3) is 5.69 Å². The second-order valence-electron chi connectivity index (χ2n) is 8.08. The normalized spacial score (nSPS) is 11.7. The van der Waals surface area contributed by atoms with E-state index in [1.54, 1.807) is 12.1 Å². The van der Waals surface area contributed by atoms with Gasteiger partial charge in [-0.05, 0) is 59.7 Å². The molecule has 5 heteroatoms. The first-order valence-electron chi connectivity index (χ1n) is 11.2. The van der Waals surface area contributed by atoms with Crippen LogP contribution in [0.2, 0.25) is 0 Å². The molecule has 0 atom stereocenters. The van der Waals surface area contributed by atoms with Crippen LogP contribution in [0.5, 0.6) is 5.75 Å². The van der Waals surface area contributed by atoms with Crippen LogP contribution in [0.3, 0.4) is 0 Å². The third-order valence-corrected chi connectivity index (χ3v) is 5.78. The second kappa shape index (κ2) is 11.5. The minimum Gasteiger partial charge on any atom is -0.494 e. The van der Waals surface area contributed by atoms with Crippen molar-refractivity contribution in [2.45, 2.75) is 70.6 Å². The lowest BCUT2D eigenvalue weighted by Gasteiger charge is -2.08. The van der Waals surface area contributed by atoms with Gasteiger partial charge in [-0.15, -0.1) is 0 Å². The molecule has 30 heavy (non-hydrogen) atoms. The van der Waals surface area contributed by atoms with Crippen molar-refractivity contribution in [2.75, 3.05) is 6.61 Å². The molecular formula is C25H31NO4. The third-order valence-electron chi connectivity index (χ3n) is 5.78. The molecule has 5 nitrogen and oxygen atoms in total. The predicted octanol–water partition coefficient (Wildman–Crippen LogP) is 6.64. The summed E-state index contributed by atoms with van der Waals surface area (Å²) in [6, 6.07) is 11.3. The molecule has 160 valence electrons. The number of nitrogens with zero attached hydrogens (tertiary/aromatic N) is 1. The van der Waals surface area contributed by atoms with Crippen LogP contribution >= 0.6 is 0 Å². The van der Waals surface area contributed by atoms with Crippen LogP contribution in [0.4, 0.5) is 5.69 Å². The number of nitro benzene ring substituents is 1. The molecule has 3 rings (SSSR count). The average Bonchev–Trinajstić information content (AvgIpc) is 3.11. The molecular weight excluding hydrogens is 378 g/mol. The van der Waals surface area contributed by atoms with Crippen LogP contribution in [0, 0.1) is 10.1 Å². The van der Waals surface area contributed by atoms with E-state index >= 15 is 0 Å². The summed E-state index contributed by atoms with van der Waals surface area (Å²) in [7, 11) is 0. The molecule has 1 aliphatic rings. The summed E-state index contributed by atoms with van der Waals surface area (Å²) in [4.78, 5) is 20.9. The van der Waals surface area contributed by atoms with E-state index in [4.69, 9.17) is 4.74 Å². The number of ether oxygens (including phenoxy) is 1. The van der Waals surface area contributed by atoms with E-state index in [-0.39, 0.29) is 10.6 Å². The minimum absolute atomic E-state index is 0.149. The number of hydrogen-bond donors (Lipinski definition) is 0. The Kier molecular flexibility index (Phi) is 8.42. The summed E-state index contributed by atoms with van der Waals surface area (Å²) in [5.41, 5.74) is 4.58. The molecule has 0 saturated heterocycles. The number of carbonyl (C=O) groups is 1. The molecule has 0 heterocycles. The summed E-state index contributed by atoms with van der Waals surface area (Å²) >= 11 is 0. The van der Waals surface area contributed by atoms with Crippen molar-refractivity contribution in [1.82, 2.24) is 0 Å². The van der Waals surface area contributed by atoms with Crippen LogP contribution < -0.4 is 4.74 Å². The number of hydrogen-bond acceptors (Lipinski definition) is 4. The van der Waals surface area contributed by atoms with E-state index in [9.17, 15) is 14.9 Å². The predicted molar refractivity (Wildman–Crippen MR) is 119 cm³/mol. The van der Waals surface area contributed by atoms with Crippen molar-refractivity contribution in [3.8, 4) is 16.9 Å². The van der Waals surface area contributed by atoms with Crippen LogP contribution in [0.15, 0.2) is 36.4 Å². The van der Waals surface area contributed by atoms with Crippen molar-refractivity contribution in [1.29, 1.82) is 0 Å². The summed E-state index contributed by atoms with van der Waals surface area (Å²) < 4.78 is 5.94. The first-order chi connectivity index (χ1) is 14.7. The molecule has 0 N–H and O–H groups in total. The lowest BCUT2D eigenvalue weighted by molar-refractivity contribution is -0.384. The standard InChI is InChI=1S/C25H31NO4/c27-15-9-7-5-3-1-2-4-6-8-10-16-30-23-12-14-25-21(19-23)17-20-18-22(26(28)29)11-13-24(20)25/h11-15,18-19H,1-10,16-17H2. The average molecular weight is 410 g/mol. The van der Waals surface area contributed by atoms with E-state index in [0.717, 1.165) is 54.6 Å². The van der Waals surface area contributed by atoms with Crippen LogP contribution in [-0.2, 0) is 11.2 Å². The topological polar surface area (TPSA) is 69.4 Å². The smallest absolute Gasteiger partial charge is 0.269 e. The molecule has 2 aromatic carbocycles. The molecule has 0 spiro atoms. The summed E-state index contributed by atoms with van der Waals surface area (Å²) in [6.45, 7) is 0.725. The molecule has 0 aliphatic heterocycles. The summed E-state index contributed by atoms with van der Waals surface area (Å²) in [5, 5.41) is 11.0. The molecule has 0 fully saturated rings. The highest BCUT2D eigenvalue weighted by molar-refractivity contribution is 5.78. The number of nitro groups is 1. The van der Waals surface area contributed by atoms with Gasteiger partial charge in [-0.2, -0.15) is 0 Å². The number of rotatable bonds is 14. The zero-order chi connectivity index (χ0) is 21.2. The number of benzene rings is 2. The third kappa shape index (κ3) is 6.15. The molecule has 0 saturated carbocycles. The Balaban J connectivity index is 1.33. The highest BCUT2D eigenvalue weighted by Gasteiger charge is 2.21. The first kappa shape index (κ1) is 22.0. The van der Waals surface area contributed by atoms with E-state index < -0.39 is 0 Å². The van der Waals surface area contributed by atoms with Gasteiger partial charge in [0.05, 0.1) is 11.5 Å². The molecule has 1 aliphatic carbocycles. The quantitative estimate of drug-likeness (QED) is 0.129. The highest BCUT2D eigenvalue weighted by atomic mass is 16.6. The van der Waals surface area contributed by atoms with Crippen molar-refractivity contribution in [2.24, 2.45) is 0 Å². The number of non-ortho nitro benzene ring substituents is 1. The van der Waals surface area contributed by atoms with Gasteiger partial charge in [-0.1, -0.05) is 51.0 Å². The molecule has 2 aromatic rings. The Labute approximate surface area is 178 Å². The highest BCUT2D eigenvalue weighted by Crippen LogP contribution is 2.39. The molecule has 0 unspecified atom stereocenters. The summed E-state index contributed by atoms with van der Waals surface area (Å²) in [5.74, 6) is 0.881. The minimum atomic E-state index is -0.339. The number of aldehydes is 1. The maximum absolute atomic E-state index is 11.0. The zero-order valence-corrected chi connectivity index (χ0v) is 17.6. The van der Waals surface area contributed by atoms with Crippen molar-refractivity contribution in [3.63, 3.8) is 0 Å². The van der Waals surface area contributed by atoms with Gasteiger partial charge in [0.15, 0.2) is 0 Å². The van der Waals surface area contributed by atoms with Gasteiger partial charge in [0.1, 0.15) is 12.0 Å². The van der Waals surface area contributed by atoms with Crippen molar-refractivity contribution in [3.05, 3.63) is 57.6 Å². The van der Waals surface area contributed by atoms with E-state index in [1.165, 1.54) is 50.5 Å².